The van der Waals surface area contributed by atoms with Crippen LogP contribution in [0, 0.1) is 0 Å². The van der Waals surface area contributed by atoms with Crippen LogP contribution < -0.4 is 0 Å². The summed E-state index contributed by atoms with van der Waals surface area (Å²) in [7, 11) is 0. The minimum absolute atomic E-state index is 0.0959. The highest BCUT2D eigenvalue weighted by molar-refractivity contribution is 6.00. The summed E-state index contributed by atoms with van der Waals surface area (Å²) in [4.78, 5) is 20.6. The highest BCUT2D eigenvalue weighted by atomic mass is 16.3. The highest BCUT2D eigenvalue weighted by Gasteiger charge is 2.15. The molecule has 148 valence electrons. The van der Waals surface area contributed by atoms with Gasteiger partial charge in [0, 0.05) is 52.2 Å². The zero-order valence-electron chi connectivity index (χ0n) is 16.1. The van der Waals surface area contributed by atoms with E-state index in [1.165, 1.54) is 6.20 Å². The Morgan fingerprint density at radius 3 is 2.45 bits per heavy atom. The lowest BCUT2D eigenvalue weighted by atomic mass is 10.1. The number of aromatic nitrogens is 7. The molecule has 0 atom stereocenters. The lowest BCUT2D eigenvalue weighted by molar-refractivity contribution is 0.473. The van der Waals surface area contributed by atoms with Gasteiger partial charge in [0.2, 0.25) is 0 Å². The second kappa shape index (κ2) is 6.74. The van der Waals surface area contributed by atoms with Gasteiger partial charge in [-0.15, -0.1) is 0 Å². The number of hydrogen-bond acceptors (Lipinski definition) is 6. The normalized spacial score (nSPS) is 11.4. The summed E-state index contributed by atoms with van der Waals surface area (Å²) >= 11 is 0. The van der Waals surface area contributed by atoms with Gasteiger partial charge in [-0.3, -0.25) is 25.0 Å². The van der Waals surface area contributed by atoms with Crippen molar-refractivity contribution in [3.63, 3.8) is 0 Å². The maximum absolute atomic E-state index is 9.76. The maximum atomic E-state index is 9.76. The minimum Gasteiger partial charge on any atom is -0.506 e. The smallest absolute Gasteiger partial charge is 0.134 e. The number of pyridine rings is 4. The third kappa shape index (κ3) is 2.89. The van der Waals surface area contributed by atoms with Gasteiger partial charge < -0.3 is 10.1 Å². The zero-order valence-corrected chi connectivity index (χ0v) is 16.1. The standard InChI is InChI=1S/C23H15N7O/c31-15-7-14(10-25-11-15)19-8-17-21(12-27-19)29-30-23(17)20-9-16-18(28-20)3-6-26-22(16)13-1-4-24-5-2-13/h1-12,28,31H,(H,29,30). The lowest BCUT2D eigenvalue weighted by Crippen LogP contribution is -1.85. The third-order valence-corrected chi connectivity index (χ3v) is 5.22. The molecule has 6 heterocycles. The van der Waals surface area contributed by atoms with Crippen molar-refractivity contribution >= 4 is 21.8 Å². The topological polar surface area (TPSA) is 116 Å². The molecule has 0 amide bonds. The van der Waals surface area contributed by atoms with Gasteiger partial charge >= 0.3 is 0 Å². The van der Waals surface area contributed by atoms with E-state index in [9.17, 15) is 5.11 Å². The Hall–Kier alpha value is -4.59. The number of hydrogen-bond donors (Lipinski definition) is 3. The van der Waals surface area contributed by atoms with Crippen molar-refractivity contribution in [1.82, 2.24) is 35.1 Å². The third-order valence-electron chi connectivity index (χ3n) is 5.22. The first-order valence-corrected chi connectivity index (χ1v) is 9.63. The molecule has 31 heavy (non-hydrogen) atoms. The largest absolute Gasteiger partial charge is 0.506 e. The number of fused-ring (bicyclic) bond motifs is 2. The Bertz CT molecular complexity index is 1550. The van der Waals surface area contributed by atoms with Gasteiger partial charge in [-0.2, -0.15) is 5.10 Å². The molecule has 0 aliphatic heterocycles. The number of nitrogens with one attached hydrogen (secondary N) is 2. The second-order valence-corrected chi connectivity index (χ2v) is 7.16. The molecule has 0 unspecified atom stereocenters. The van der Waals surface area contributed by atoms with E-state index < -0.39 is 0 Å². The van der Waals surface area contributed by atoms with Crippen LogP contribution in [-0.2, 0) is 0 Å². The summed E-state index contributed by atoms with van der Waals surface area (Å²) in [6.07, 6.45) is 10.1. The Kier molecular flexibility index (Phi) is 3.76. The van der Waals surface area contributed by atoms with E-state index in [1.54, 1.807) is 37.1 Å². The first kappa shape index (κ1) is 17.3. The highest BCUT2D eigenvalue weighted by Crippen LogP contribution is 2.33. The molecule has 6 aromatic rings. The van der Waals surface area contributed by atoms with Gasteiger partial charge in [-0.1, -0.05) is 0 Å². The van der Waals surface area contributed by atoms with Crippen LogP contribution in [0.1, 0.15) is 0 Å². The summed E-state index contributed by atoms with van der Waals surface area (Å²) in [6.45, 7) is 0. The van der Waals surface area contributed by atoms with Crippen LogP contribution in [0.5, 0.6) is 5.75 Å². The van der Waals surface area contributed by atoms with E-state index in [1.807, 2.05) is 24.3 Å². The molecule has 6 aromatic heterocycles. The van der Waals surface area contributed by atoms with Crippen LogP contribution in [0.25, 0.3) is 55.7 Å². The Morgan fingerprint density at radius 2 is 1.58 bits per heavy atom. The number of nitrogens with zero attached hydrogens (tertiary/aromatic N) is 5. The van der Waals surface area contributed by atoms with Crippen molar-refractivity contribution in [1.29, 1.82) is 0 Å². The molecule has 0 bridgehead atoms. The van der Waals surface area contributed by atoms with Gasteiger partial charge in [0.15, 0.2) is 0 Å². The van der Waals surface area contributed by atoms with E-state index in [0.29, 0.717) is 5.69 Å². The van der Waals surface area contributed by atoms with Crippen molar-refractivity contribution in [2.45, 2.75) is 0 Å². The predicted molar refractivity (Wildman–Crippen MR) is 117 cm³/mol. The molecule has 0 radical (unpaired) electrons. The summed E-state index contributed by atoms with van der Waals surface area (Å²) in [6, 6.07) is 11.5. The number of aromatic amines is 2. The SMILES string of the molecule is Oc1cncc(-c2cc3c(-c4cc5c(-c6ccncc6)nccc5[nH]4)n[nH]c3cn2)c1. The molecular formula is C23H15N7O. The molecule has 0 fully saturated rings. The van der Waals surface area contributed by atoms with Gasteiger partial charge in [-0.25, -0.2) is 0 Å². The minimum atomic E-state index is 0.0959. The van der Waals surface area contributed by atoms with Crippen molar-refractivity contribution in [3.05, 3.63) is 73.6 Å². The Morgan fingerprint density at radius 1 is 0.710 bits per heavy atom. The Labute approximate surface area is 175 Å². The Balaban J connectivity index is 1.51. The van der Waals surface area contributed by atoms with Crippen molar-refractivity contribution < 1.29 is 5.11 Å². The molecule has 6 rings (SSSR count). The number of rotatable bonds is 3. The van der Waals surface area contributed by atoms with E-state index in [4.69, 9.17) is 0 Å². The molecule has 8 nitrogen and oxygen atoms in total. The van der Waals surface area contributed by atoms with Gasteiger partial charge in [0.25, 0.3) is 0 Å². The second-order valence-electron chi connectivity index (χ2n) is 7.16. The van der Waals surface area contributed by atoms with Crippen LogP contribution in [0.15, 0.2) is 73.6 Å². The fourth-order valence-corrected chi connectivity index (χ4v) is 3.77. The van der Waals surface area contributed by atoms with Crippen molar-refractivity contribution in [2.24, 2.45) is 0 Å². The fourth-order valence-electron chi connectivity index (χ4n) is 3.77. The van der Waals surface area contributed by atoms with E-state index in [-0.39, 0.29) is 5.75 Å². The van der Waals surface area contributed by atoms with Gasteiger partial charge in [0.1, 0.15) is 11.4 Å². The average molecular weight is 405 g/mol. The molecular weight excluding hydrogens is 390 g/mol. The van der Waals surface area contributed by atoms with Crippen LogP contribution in [0.3, 0.4) is 0 Å². The van der Waals surface area contributed by atoms with Crippen LogP contribution in [0.4, 0.5) is 0 Å². The molecule has 0 saturated heterocycles. The quantitative estimate of drug-likeness (QED) is 0.403. The summed E-state index contributed by atoms with van der Waals surface area (Å²) < 4.78 is 0. The van der Waals surface area contributed by atoms with E-state index >= 15 is 0 Å². The first-order chi connectivity index (χ1) is 15.3. The fraction of sp³-hybridized carbons (Fsp3) is 0. The van der Waals surface area contributed by atoms with Crippen molar-refractivity contribution in [2.75, 3.05) is 0 Å². The number of H-pyrrole nitrogens is 2. The van der Waals surface area contributed by atoms with Crippen molar-refractivity contribution in [3.8, 4) is 39.7 Å². The number of aromatic hydroxyl groups is 1. The van der Waals surface area contributed by atoms with Crippen LogP contribution in [-0.4, -0.2) is 40.2 Å². The molecule has 8 heteroatoms. The van der Waals surface area contributed by atoms with Gasteiger partial charge in [0.05, 0.1) is 35.0 Å². The molecule has 3 N–H and O–H groups in total. The molecule has 0 aliphatic carbocycles. The summed E-state index contributed by atoms with van der Waals surface area (Å²) in [5, 5.41) is 19.2. The molecule has 0 aromatic carbocycles. The van der Waals surface area contributed by atoms with E-state index in [2.05, 4.69) is 41.2 Å². The molecule has 0 aliphatic rings. The average Bonchev–Trinajstić information content (AvgIpc) is 3.43. The first-order valence-electron chi connectivity index (χ1n) is 9.63. The van der Waals surface area contributed by atoms with Crippen LogP contribution >= 0.6 is 0 Å². The maximum Gasteiger partial charge on any atom is 0.134 e. The van der Waals surface area contributed by atoms with E-state index in [0.717, 1.165) is 50.0 Å². The molecule has 0 saturated carbocycles. The molecule has 0 spiro atoms. The summed E-state index contributed by atoms with van der Waals surface area (Å²) in [5.41, 5.74) is 6.76. The van der Waals surface area contributed by atoms with Crippen LogP contribution in [0.2, 0.25) is 0 Å². The lowest BCUT2D eigenvalue weighted by Gasteiger charge is -2.01. The summed E-state index contributed by atoms with van der Waals surface area (Å²) in [5.74, 6) is 0.0959. The monoisotopic (exact) mass is 405 g/mol. The van der Waals surface area contributed by atoms with Gasteiger partial charge in [-0.05, 0) is 36.4 Å². The zero-order chi connectivity index (χ0) is 20.8. The predicted octanol–water partition coefficient (Wildman–Crippen LogP) is 4.33.